The van der Waals surface area contributed by atoms with Crippen molar-refractivity contribution in [2.45, 2.75) is 6.42 Å². The number of anilines is 1. The maximum Gasteiger partial charge on any atom is 0.340 e. The first-order valence-electron chi connectivity index (χ1n) is 4.37. The van der Waals surface area contributed by atoms with Gasteiger partial charge in [-0.1, -0.05) is 0 Å². The molecule has 74 valence electrons. The Kier molecular flexibility index (Phi) is 2.11. The number of carbonyl (C=O) groups is 1. The highest BCUT2D eigenvalue weighted by Gasteiger charge is 2.18. The molecule has 0 radical (unpaired) electrons. The number of carbonyl (C=O) groups excluding carboxylic acids is 1. The minimum absolute atomic E-state index is 0.0133. The largest absolute Gasteiger partial charge is 0.465 e. The average molecular weight is 195 g/mol. The fourth-order valence-electron chi connectivity index (χ4n) is 1.58. The highest BCUT2D eigenvalue weighted by atomic mass is 19.1. The molecule has 1 aliphatic rings. The van der Waals surface area contributed by atoms with Crippen LogP contribution in [0.3, 0.4) is 0 Å². The Balaban J connectivity index is 2.47. The number of esters is 1. The number of hydrogen-bond donors (Lipinski definition) is 1. The summed E-state index contributed by atoms with van der Waals surface area (Å²) in [6.45, 7) is 0.791. The van der Waals surface area contributed by atoms with Crippen LogP contribution >= 0.6 is 0 Å². The number of fused-ring (bicyclic) bond motifs is 1. The van der Waals surface area contributed by atoms with Gasteiger partial charge in [-0.15, -0.1) is 0 Å². The molecule has 1 aromatic rings. The topological polar surface area (TPSA) is 38.3 Å². The van der Waals surface area contributed by atoms with E-state index in [4.69, 9.17) is 0 Å². The van der Waals surface area contributed by atoms with Crippen molar-refractivity contribution in [2.24, 2.45) is 0 Å². The van der Waals surface area contributed by atoms with Crippen molar-refractivity contribution in [1.82, 2.24) is 0 Å². The summed E-state index contributed by atoms with van der Waals surface area (Å²) in [6, 6.07) is 2.89. The molecule has 0 saturated heterocycles. The quantitative estimate of drug-likeness (QED) is 0.691. The number of halogens is 1. The maximum atomic E-state index is 13.4. The van der Waals surface area contributed by atoms with Crippen LogP contribution in [-0.2, 0) is 11.2 Å². The van der Waals surface area contributed by atoms with Crippen LogP contribution in [0.2, 0.25) is 0 Å². The summed E-state index contributed by atoms with van der Waals surface area (Å²) >= 11 is 0. The Morgan fingerprint density at radius 3 is 3.07 bits per heavy atom. The van der Waals surface area contributed by atoms with Gasteiger partial charge in [0.2, 0.25) is 0 Å². The van der Waals surface area contributed by atoms with Gasteiger partial charge >= 0.3 is 5.97 Å². The number of benzene rings is 1. The molecule has 0 bridgehead atoms. The van der Waals surface area contributed by atoms with Gasteiger partial charge in [-0.25, -0.2) is 9.18 Å². The summed E-state index contributed by atoms with van der Waals surface area (Å²) in [5.41, 5.74) is 1.72. The molecule has 0 spiro atoms. The second-order valence-electron chi connectivity index (χ2n) is 3.16. The predicted molar refractivity (Wildman–Crippen MR) is 49.9 cm³/mol. The van der Waals surface area contributed by atoms with Crippen LogP contribution in [0.1, 0.15) is 15.9 Å². The Hall–Kier alpha value is -1.58. The third kappa shape index (κ3) is 1.32. The van der Waals surface area contributed by atoms with E-state index in [0.717, 1.165) is 24.2 Å². The zero-order valence-electron chi connectivity index (χ0n) is 7.76. The van der Waals surface area contributed by atoms with Gasteiger partial charge in [-0.3, -0.25) is 0 Å². The summed E-state index contributed by atoms with van der Waals surface area (Å²) in [6.07, 6.45) is 0.799. The monoisotopic (exact) mass is 195 g/mol. The van der Waals surface area contributed by atoms with E-state index in [2.05, 4.69) is 10.1 Å². The fourth-order valence-corrected chi connectivity index (χ4v) is 1.58. The first-order chi connectivity index (χ1) is 6.72. The maximum absolute atomic E-state index is 13.4. The summed E-state index contributed by atoms with van der Waals surface area (Å²) in [5, 5.41) is 3.07. The molecule has 1 heterocycles. The minimum atomic E-state index is -0.640. The highest BCUT2D eigenvalue weighted by Crippen LogP contribution is 2.25. The SMILES string of the molecule is COC(=O)c1cc2c(cc1F)CCN2. The lowest BCUT2D eigenvalue weighted by Crippen LogP contribution is -2.05. The zero-order chi connectivity index (χ0) is 10.1. The van der Waals surface area contributed by atoms with Gasteiger partial charge < -0.3 is 10.1 Å². The van der Waals surface area contributed by atoms with E-state index in [1.54, 1.807) is 0 Å². The van der Waals surface area contributed by atoms with Crippen LogP contribution in [0.15, 0.2) is 12.1 Å². The molecule has 0 saturated carbocycles. The van der Waals surface area contributed by atoms with Crippen LogP contribution in [-0.4, -0.2) is 19.6 Å². The third-order valence-electron chi connectivity index (χ3n) is 2.31. The molecule has 2 rings (SSSR count). The van der Waals surface area contributed by atoms with Crippen LogP contribution in [0.5, 0.6) is 0 Å². The molecule has 1 N–H and O–H groups in total. The van der Waals surface area contributed by atoms with Gasteiger partial charge in [0.25, 0.3) is 0 Å². The zero-order valence-corrected chi connectivity index (χ0v) is 7.76. The molecule has 1 aliphatic heterocycles. The number of hydrogen-bond acceptors (Lipinski definition) is 3. The van der Waals surface area contributed by atoms with E-state index < -0.39 is 11.8 Å². The normalized spacial score (nSPS) is 13.3. The molecule has 0 unspecified atom stereocenters. The van der Waals surface area contributed by atoms with E-state index in [0.29, 0.717) is 0 Å². The molecule has 0 fully saturated rings. The fraction of sp³-hybridized carbons (Fsp3) is 0.300. The summed E-state index contributed by atoms with van der Waals surface area (Å²) < 4.78 is 17.8. The molecule has 0 aliphatic carbocycles. The van der Waals surface area contributed by atoms with E-state index in [-0.39, 0.29) is 5.56 Å². The van der Waals surface area contributed by atoms with E-state index >= 15 is 0 Å². The highest BCUT2D eigenvalue weighted by molar-refractivity contribution is 5.91. The van der Waals surface area contributed by atoms with Crippen LogP contribution in [0, 0.1) is 5.82 Å². The molecule has 14 heavy (non-hydrogen) atoms. The van der Waals surface area contributed by atoms with Gasteiger partial charge in [0.15, 0.2) is 0 Å². The number of ether oxygens (including phenoxy) is 1. The lowest BCUT2D eigenvalue weighted by atomic mass is 10.1. The standard InChI is InChI=1S/C10H10FNO2/c1-14-10(13)7-5-9-6(2-3-12-9)4-8(7)11/h4-5,12H,2-3H2,1H3. The molecule has 0 atom stereocenters. The first kappa shape index (κ1) is 8.99. The minimum Gasteiger partial charge on any atom is -0.465 e. The van der Waals surface area contributed by atoms with Crippen LogP contribution in [0.4, 0.5) is 10.1 Å². The van der Waals surface area contributed by atoms with Crippen molar-refractivity contribution in [3.8, 4) is 0 Å². The molecule has 0 amide bonds. The van der Waals surface area contributed by atoms with Gasteiger partial charge in [-0.2, -0.15) is 0 Å². The number of rotatable bonds is 1. The third-order valence-corrected chi connectivity index (χ3v) is 2.31. The van der Waals surface area contributed by atoms with Gasteiger partial charge in [0, 0.05) is 12.2 Å². The summed E-state index contributed by atoms with van der Waals surface area (Å²) in [5.74, 6) is -1.15. The first-order valence-corrected chi connectivity index (χ1v) is 4.37. The molecular weight excluding hydrogens is 185 g/mol. The average Bonchev–Trinajstić information content (AvgIpc) is 2.62. The smallest absolute Gasteiger partial charge is 0.340 e. The van der Waals surface area contributed by atoms with Crippen molar-refractivity contribution < 1.29 is 13.9 Å². The van der Waals surface area contributed by atoms with Crippen molar-refractivity contribution >= 4 is 11.7 Å². The summed E-state index contributed by atoms with van der Waals surface area (Å²) in [4.78, 5) is 11.1. The molecule has 0 aromatic heterocycles. The van der Waals surface area contributed by atoms with E-state index in [1.165, 1.54) is 19.2 Å². The van der Waals surface area contributed by atoms with Crippen molar-refractivity contribution in [2.75, 3.05) is 19.0 Å². The number of nitrogens with one attached hydrogen (secondary N) is 1. The van der Waals surface area contributed by atoms with Crippen LogP contribution < -0.4 is 5.32 Å². The van der Waals surface area contributed by atoms with Gasteiger partial charge in [-0.05, 0) is 24.1 Å². The lowest BCUT2D eigenvalue weighted by molar-refractivity contribution is 0.0595. The van der Waals surface area contributed by atoms with Gasteiger partial charge in [0.05, 0.1) is 12.7 Å². The van der Waals surface area contributed by atoms with Gasteiger partial charge in [0.1, 0.15) is 5.82 Å². The summed E-state index contributed by atoms with van der Waals surface area (Å²) in [7, 11) is 1.24. The van der Waals surface area contributed by atoms with Crippen molar-refractivity contribution in [1.29, 1.82) is 0 Å². The number of methoxy groups -OCH3 is 1. The second kappa shape index (κ2) is 3.29. The Morgan fingerprint density at radius 1 is 1.57 bits per heavy atom. The van der Waals surface area contributed by atoms with E-state index in [1.807, 2.05) is 0 Å². The molecule has 4 heteroatoms. The van der Waals surface area contributed by atoms with Crippen molar-refractivity contribution in [3.63, 3.8) is 0 Å². The molecular formula is C10H10FNO2. The van der Waals surface area contributed by atoms with Crippen molar-refractivity contribution in [3.05, 3.63) is 29.1 Å². The Labute approximate surface area is 80.9 Å². The lowest BCUT2D eigenvalue weighted by Gasteiger charge is -2.04. The second-order valence-corrected chi connectivity index (χ2v) is 3.16. The molecule has 1 aromatic carbocycles. The Bertz CT molecular complexity index is 390. The van der Waals surface area contributed by atoms with Crippen LogP contribution in [0.25, 0.3) is 0 Å². The predicted octanol–water partition coefficient (Wildman–Crippen LogP) is 1.58. The van der Waals surface area contributed by atoms with E-state index in [9.17, 15) is 9.18 Å². The molecule has 3 nitrogen and oxygen atoms in total. The Morgan fingerprint density at radius 2 is 2.36 bits per heavy atom.